The number of hydrogen-bond acceptors (Lipinski definition) is 4. The van der Waals surface area contributed by atoms with Crippen LogP contribution in [0.5, 0.6) is 0 Å². The molecule has 1 amide bonds. The van der Waals surface area contributed by atoms with E-state index in [1.807, 2.05) is 6.92 Å². The van der Waals surface area contributed by atoms with Crippen molar-refractivity contribution in [3.8, 4) is 0 Å². The highest BCUT2D eigenvalue weighted by Crippen LogP contribution is 2.17. The summed E-state index contributed by atoms with van der Waals surface area (Å²) in [6.07, 6.45) is 3.69. The fourth-order valence-corrected chi connectivity index (χ4v) is 2.07. The first-order valence-electron chi connectivity index (χ1n) is 6.26. The van der Waals surface area contributed by atoms with Crippen LogP contribution in [0.4, 0.5) is 5.69 Å². The smallest absolute Gasteiger partial charge is 0.283 e. The number of unbranched alkanes of at least 4 members (excludes halogenated alkanes) is 1. The topological polar surface area (TPSA) is 90.0 Å². The summed E-state index contributed by atoms with van der Waals surface area (Å²) in [4.78, 5) is 22.8. The van der Waals surface area contributed by atoms with Gasteiger partial charge in [-0.15, -0.1) is 0 Å². The molecule has 19 heavy (non-hydrogen) atoms. The fourth-order valence-electron chi connectivity index (χ4n) is 1.65. The Hall–Kier alpha value is -1.37. The number of primary amides is 1. The molecular formula is C12H19BrN4O2. The monoisotopic (exact) mass is 330 g/mol. The molecule has 7 heteroatoms. The summed E-state index contributed by atoms with van der Waals surface area (Å²) in [7, 11) is 0. The van der Waals surface area contributed by atoms with E-state index in [1.165, 1.54) is 4.68 Å². The van der Waals surface area contributed by atoms with Gasteiger partial charge in [0.25, 0.3) is 5.56 Å². The van der Waals surface area contributed by atoms with E-state index in [1.54, 1.807) is 6.20 Å². The molecule has 0 saturated heterocycles. The molecule has 1 heterocycles. The lowest BCUT2D eigenvalue weighted by molar-refractivity contribution is -0.118. The van der Waals surface area contributed by atoms with E-state index in [9.17, 15) is 9.59 Å². The maximum absolute atomic E-state index is 12.0. The van der Waals surface area contributed by atoms with Crippen LogP contribution in [-0.4, -0.2) is 21.7 Å². The van der Waals surface area contributed by atoms with Gasteiger partial charge in [-0.2, -0.15) is 5.10 Å². The normalized spacial score (nSPS) is 12.2. The maximum atomic E-state index is 12.0. The SMILES string of the molecule is CCCCn1ncc(NC(C)CC(N)=O)c(Br)c1=O. The Kier molecular flexibility index (Phi) is 6.01. The van der Waals surface area contributed by atoms with Crippen LogP contribution in [0.25, 0.3) is 0 Å². The van der Waals surface area contributed by atoms with Crippen LogP contribution < -0.4 is 16.6 Å². The first-order valence-corrected chi connectivity index (χ1v) is 7.05. The number of rotatable bonds is 7. The Bertz CT molecular complexity index is 501. The van der Waals surface area contributed by atoms with Gasteiger partial charge in [0.2, 0.25) is 5.91 Å². The molecule has 3 N–H and O–H groups in total. The first-order chi connectivity index (χ1) is 8.95. The van der Waals surface area contributed by atoms with E-state index in [4.69, 9.17) is 5.73 Å². The van der Waals surface area contributed by atoms with Gasteiger partial charge < -0.3 is 11.1 Å². The third-order valence-corrected chi connectivity index (χ3v) is 3.38. The summed E-state index contributed by atoms with van der Waals surface area (Å²) in [5.74, 6) is -0.389. The van der Waals surface area contributed by atoms with Gasteiger partial charge in [-0.1, -0.05) is 13.3 Å². The van der Waals surface area contributed by atoms with Crippen LogP contribution in [0.15, 0.2) is 15.5 Å². The molecule has 0 spiro atoms. The summed E-state index contributed by atoms with van der Waals surface area (Å²) in [6, 6.07) is -0.151. The van der Waals surface area contributed by atoms with Crippen molar-refractivity contribution in [3.05, 3.63) is 21.0 Å². The quantitative estimate of drug-likeness (QED) is 0.792. The Labute approximate surface area is 120 Å². The zero-order valence-corrected chi connectivity index (χ0v) is 12.7. The number of halogens is 1. The number of nitrogens with two attached hydrogens (primary N) is 1. The second-order valence-corrected chi connectivity index (χ2v) is 5.26. The zero-order valence-electron chi connectivity index (χ0n) is 11.1. The van der Waals surface area contributed by atoms with Crippen molar-refractivity contribution in [2.75, 3.05) is 5.32 Å². The minimum absolute atomic E-state index is 0.151. The molecule has 1 rings (SSSR count). The van der Waals surface area contributed by atoms with Crippen LogP contribution in [0.3, 0.4) is 0 Å². The summed E-state index contributed by atoms with van der Waals surface area (Å²) in [5.41, 5.74) is 5.52. The molecule has 0 aliphatic heterocycles. The average Bonchev–Trinajstić information content (AvgIpc) is 2.33. The highest BCUT2D eigenvalue weighted by atomic mass is 79.9. The molecule has 1 aromatic rings. The van der Waals surface area contributed by atoms with Gasteiger partial charge in [0, 0.05) is 19.0 Å². The molecule has 106 valence electrons. The van der Waals surface area contributed by atoms with E-state index < -0.39 is 0 Å². The van der Waals surface area contributed by atoms with Gasteiger partial charge in [0.05, 0.1) is 11.9 Å². The van der Waals surface area contributed by atoms with Gasteiger partial charge in [-0.05, 0) is 29.3 Å². The lowest BCUT2D eigenvalue weighted by Crippen LogP contribution is -2.28. The summed E-state index contributed by atoms with van der Waals surface area (Å²) in [5, 5.41) is 7.15. The number of nitrogens with one attached hydrogen (secondary N) is 1. The van der Waals surface area contributed by atoms with Crippen molar-refractivity contribution >= 4 is 27.5 Å². The molecular weight excluding hydrogens is 312 g/mol. The Morgan fingerprint density at radius 2 is 2.32 bits per heavy atom. The minimum Gasteiger partial charge on any atom is -0.380 e. The van der Waals surface area contributed by atoms with E-state index in [-0.39, 0.29) is 23.9 Å². The molecule has 0 aromatic carbocycles. The lowest BCUT2D eigenvalue weighted by atomic mass is 10.2. The molecule has 0 radical (unpaired) electrons. The number of amides is 1. The third kappa shape index (κ3) is 4.66. The zero-order chi connectivity index (χ0) is 14.4. The Balaban J connectivity index is 2.84. The first kappa shape index (κ1) is 15.7. The molecule has 0 bridgehead atoms. The van der Waals surface area contributed by atoms with Crippen molar-refractivity contribution in [2.24, 2.45) is 5.73 Å². The fraction of sp³-hybridized carbons (Fsp3) is 0.583. The second kappa shape index (κ2) is 7.28. The average molecular weight is 331 g/mol. The van der Waals surface area contributed by atoms with Gasteiger partial charge in [0.15, 0.2) is 0 Å². The number of aromatic nitrogens is 2. The standard InChI is InChI=1S/C12H19BrN4O2/c1-3-4-5-17-12(19)11(13)9(7-15-17)16-8(2)6-10(14)18/h7-8,16H,3-6H2,1-2H3,(H2,14,18). The van der Waals surface area contributed by atoms with Gasteiger partial charge in [0.1, 0.15) is 4.47 Å². The van der Waals surface area contributed by atoms with E-state index in [2.05, 4.69) is 33.3 Å². The predicted octanol–water partition coefficient (Wildman–Crippen LogP) is 1.48. The number of aryl methyl sites for hydroxylation is 1. The van der Waals surface area contributed by atoms with Crippen molar-refractivity contribution < 1.29 is 4.79 Å². The summed E-state index contributed by atoms with van der Waals surface area (Å²) < 4.78 is 1.85. The van der Waals surface area contributed by atoms with Crippen LogP contribution >= 0.6 is 15.9 Å². The molecule has 1 unspecified atom stereocenters. The maximum Gasteiger partial charge on any atom is 0.283 e. The molecule has 0 fully saturated rings. The number of hydrogen-bond donors (Lipinski definition) is 2. The Morgan fingerprint density at radius 3 is 2.89 bits per heavy atom. The minimum atomic E-state index is -0.389. The van der Waals surface area contributed by atoms with E-state index in [0.717, 1.165) is 12.8 Å². The lowest BCUT2D eigenvalue weighted by Gasteiger charge is -2.15. The molecule has 6 nitrogen and oxygen atoms in total. The second-order valence-electron chi connectivity index (χ2n) is 4.47. The van der Waals surface area contributed by atoms with Crippen LogP contribution in [0.2, 0.25) is 0 Å². The largest absolute Gasteiger partial charge is 0.380 e. The Morgan fingerprint density at radius 1 is 1.63 bits per heavy atom. The van der Waals surface area contributed by atoms with Gasteiger partial charge in [-0.25, -0.2) is 4.68 Å². The number of carbonyl (C=O) groups excluding carboxylic acids is 1. The molecule has 1 atom stereocenters. The summed E-state index contributed by atoms with van der Waals surface area (Å²) >= 11 is 3.27. The van der Waals surface area contributed by atoms with Gasteiger partial charge >= 0.3 is 0 Å². The number of carbonyl (C=O) groups is 1. The molecule has 0 saturated carbocycles. The van der Waals surface area contributed by atoms with Crippen molar-refractivity contribution in [3.63, 3.8) is 0 Å². The van der Waals surface area contributed by atoms with Crippen LogP contribution in [0, 0.1) is 0 Å². The molecule has 1 aromatic heterocycles. The summed E-state index contributed by atoms with van der Waals surface area (Å²) in [6.45, 7) is 4.48. The van der Waals surface area contributed by atoms with Crippen molar-refractivity contribution in [1.82, 2.24) is 9.78 Å². The van der Waals surface area contributed by atoms with Crippen molar-refractivity contribution in [1.29, 1.82) is 0 Å². The van der Waals surface area contributed by atoms with Crippen LogP contribution in [-0.2, 0) is 11.3 Å². The number of anilines is 1. The van der Waals surface area contributed by atoms with Gasteiger partial charge in [-0.3, -0.25) is 9.59 Å². The van der Waals surface area contributed by atoms with E-state index >= 15 is 0 Å². The highest BCUT2D eigenvalue weighted by molar-refractivity contribution is 9.10. The van der Waals surface area contributed by atoms with Crippen LogP contribution in [0.1, 0.15) is 33.1 Å². The number of nitrogens with zero attached hydrogens (tertiary/aromatic N) is 2. The van der Waals surface area contributed by atoms with E-state index in [0.29, 0.717) is 16.7 Å². The van der Waals surface area contributed by atoms with Crippen molar-refractivity contribution in [2.45, 2.75) is 45.7 Å². The molecule has 0 aliphatic rings. The highest BCUT2D eigenvalue weighted by Gasteiger charge is 2.12. The predicted molar refractivity (Wildman–Crippen MR) is 78.0 cm³/mol. The molecule has 0 aliphatic carbocycles. The third-order valence-electron chi connectivity index (χ3n) is 2.62.